The molecule has 1 fully saturated rings. The Balaban J connectivity index is 2.14. The molecule has 1 aliphatic carbocycles. The molecule has 1 aromatic carbocycles. The second kappa shape index (κ2) is 4.35. The zero-order valence-corrected chi connectivity index (χ0v) is 10.9. The molecule has 0 aromatic heterocycles. The van der Waals surface area contributed by atoms with Crippen molar-refractivity contribution in [3.05, 3.63) is 27.7 Å². The van der Waals surface area contributed by atoms with Crippen molar-refractivity contribution in [2.45, 2.75) is 24.8 Å². The van der Waals surface area contributed by atoms with Crippen molar-refractivity contribution >= 4 is 39.1 Å². The van der Waals surface area contributed by atoms with Gasteiger partial charge in [-0.25, -0.2) is 0 Å². The van der Waals surface area contributed by atoms with Gasteiger partial charge in [0.1, 0.15) is 0 Å². The smallest absolute Gasteiger partial charge is 0.244 e. The van der Waals surface area contributed by atoms with Gasteiger partial charge in [0.25, 0.3) is 0 Å². The Bertz CT molecular complexity index is 432. The molecule has 0 bridgehead atoms. The molecule has 1 saturated carbocycles. The number of anilines is 1. The van der Waals surface area contributed by atoms with Crippen LogP contribution in [-0.2, 0) is 4.79 Å². The van der Waals surface area contributed by atoms with Gasteiger partial charge in [0.2, 0.25) is 5.91 Å². The van der Waals surface area contributed by atoms with Crippen LogP contribution in [0, 0.1) is 0 Å². The molecule has 0 aliphatic heterocycles. The van der Waals surface area contributed by atoms with Gasteiger partial charge in [-0.1, -0.05) is 27.5 Å². The molecule has 1 aromatic rings. The normalized spacial score (nSPS) is 17.7. The lowest BCUT2D eigenvalue weighted by Gasteiger charge is -2.36. The van der Waals surface area contributed by atoms with E-state index in [4.69, 9.17) is 17.3 Å². The van der Waals surface area contributed by atoms with Crippen molar-refractivity contribution in [3.63, 3.8) is 0 Å². The average molecular weight is 304 g/mol. The summed E-state index contributed by atoms with van der Waals surface area (Å²) in [5.41, 5.74) is 5.81. The van der Waals surface area contributed by atoms with E-state index in [9.17, 15) is 4.79 Å². The van der Waals surface area contributed by atoms with E-state index in [1.54, 1.807) is 12.1 Å². The van der Waals surface area contributed by atoms with Crippen LogP contribution in [0.15, 0.2) is 22.7 Å². The average Bonchev–Trinajstić information content (AvgIpc) is 2.20. The molecular weight excluding hydrogens is 291 g/mol. The summed E-state index contributed by atoms with van der Waals surface area (Å²) in [4.78, 5) is 11.9. The Hall–Kier alpha value is -0.580. The van der Waals surface area contributed by atoms with Crippen LogP contribution in [0.2, 0.25) is 5.02 Å². The number of benzene rings is 1. The van der Waals surface area contributed by atoms with Crippen molar-refractivity contribution in [2.24, 2.45) is 5.73 Å². The van der Waals surface area contributed by atoms with E-state index >= 15 is 0 Å². The van der Waals surface area contributed by atoms with E-state index in [1.807, 2.05) is 6.07 Å². The van der Waals surface area contributed by atoms with Crippen molar-refractivity contribution < 1.29 is 4.79 Å². The minimum absolute atomic E-state index is 0.154. The molecule has 0 radical (unpaired) electrons. The van der Waals surface area contributed by atoms with Crippen LogP contribution in [0.3, 0.4) is 0 Å². The monoisotopic (exact) mass is 302 g/mol. The summed E-state index contributed by atoms with van der Waals surface area (Å²) in [7, 11) is 0. The standard InChI is InChI=1S/C11H12BrClN2O/c12-7-2-3-8(13)9(6-7)15-10(16)11(14)4-1-5-11/h2-3,6H,1,4-5,14H2,(H,15,16). The fraction of sp³-hybridized carbons (Fsp3) is 0.364. The summed E-state index contributed by atoms with van der Waals surface area (Å²) in [5.74, 6) is -0.154. The lowest BCUT2D eigenvalue weighted by atomic mass is 9.77. The first-order valence-corrected chi connectivity index (χ1v) is 6.24. The van der Waals surface area contributed by atoms with Gasteiger partial charge in [0.05, 0.1) is 16.2 Å². The predicted octanol–water partition coefficient (Wildman–Crippen LogP) is 2.92. The topological polar surface area (TPSA) is 55.1 Å². The molecule has 2 rings (SSSR count). The molecule has 1 amide bonds. The minimum Gasteiger partial charge on any atom is -0.323 e. The Kier molecular flexibility index (Phi) is 3.24. The number of rotatable bonds is 2. The molecule has 1 aliphatic rings. The summed E-state index contributed by atoms with van der Waals surface area (Å²) in [6, 6.07) is 5.31. The first-order valence-electron chi connectivity index (χ1n) is 5.07. The third-order valence-corrected chi connectivity index (χ3v) is 3.70. The second-order valence-electron chi connectivity index (χ2n) is 4.09. The SMILES string of the molecule is NC1(C(=O)Nc2cc(Br)ccc2Cl)CCC1. The highest BCUT2D eigenvalue weighted by Crippen LogP contribution is 2.32. The van der Waals surface area contributed by atoms with E-state index in [0.29, 0.717) is 10.7 Å². The van der Waals surface area contributed by atoms with Crippen LogP contribution in [0.25, 0.3) is 0 Å². The third-order valence-electron chi connectivity index (χ3n) is 2.87. The molecule has 0 saturated heterocycles. The maximum Gasteiger partial charge on any atom is 0.244 e. The summed E-state index contributed by atoms with van der Waals surface area (Å²) in [6.45, 7) is 0. The molecule has 3 nitrogen and oxygen atoms in total. The first kappa shape index (κ1) is 11.9. The summed E-state index contributed by atoms with van der Waals surface area (Å²) in [6.07, 6.45) is 2.49. The van der Waals surface area contributed by atoms with Crippen LogP contribution < -0.4 is 11.1 Å². The predicted molar refractivity (Wildman–Crippen MR) is 68.6 cm³/mol. The minimum atomic E-state index is -0.703. The fourth-order valence-electron chi connectivity index (χ4n) is 1.62. The van der Waals surface area contributed by atoms with E-state index in [-0.39, 0.29) is 5.91 Å². The Morgan fingerprint density at radius 1 is 1.50 bits per heavy atom. The van der Waals surface area contributed by atoms with Gasteiger partial charge in [-0.3, -0.25) is 4.79 Å². The summed E-state index contributed by atoms with van der Waals surface area (Å²) < 4.78 is 0.867. The summed E-state index contributed by atoms with van der Waals surface area (Å²) in [5, 5.41) is 3.28. The van der Waals surface area contributed by atoms with Gasteiger partial charge >= 0.3 is 0 Å². The maximum atomic E-state index is 11.9. The molecule has 5 heteroatoms. The Morgan fingerprint density at radius 3 is 2.75 bits per heavy atom. The van der Waals surface area contributed by atoms with Gasteiger partial charge in [-0.2, -0.15) is 0 Å². The third kappa shape index (κ3) is 2.24. The number of carbonyl (C=O) groups is 1. The molecule has 0 atom stereocenters. The van der Waals surface area contributed by atoms with Crippen molar-refractivity contribution in [3.8, 4) is 0 Å². The van der Waals surface area contributed by atoms with Gasteiger partial charge in [0, 0.05) is 4.47 Å². The van der Waals surface area contributed by atoms with E-state index in [0.717, 1.165) is 23.7 Å². The van der Waals surface area contributed by atoms with Crippen LogP contribution in [0.1, 0.15) is 19.3 Å². The number of carbonyl (C=O) groups excluding carboxylic acids is 1. The number of hydrogen-bond donors (Lipinski definition) is 2. The molecule has 86 valence electrons. The van der Waals surface area contributed by atoms with Gasteiger partial charge < -0.3 is 11.1 Å². The maximum absolute atomic E-state index is 11.9. The zero-order chi connectivity index (χ0) is 11.8. The van der Waals surface area contributed by atoms with Crippen molar-refractivity contribution in [1.29, 1.82) is 0 Å². The molecule has 0 spiro atoms. The lowest BCUT2D eigenvalue weighted by Crippen LogP contribution is -2.56. The van der Waals surface area contributed by atoms with Gasteiger partial charge in [0.15, 0.2) is 0 Å². The number of halogens is 2. The highest BCUT2D eigenvalue weighted by atomic mass is 79.9. The Morgan fingerprint density at radius 2 is 2.19 bits per heavy atom. The van der Waals surface area contributed by atoms with Crippen LogP contribution in [0.5, 0.6) is 0 Å². The van der Waals surface area contributed by atoms with Crippen LogP contribution >= 0.6 is 27.5 Å². The van der Waals surface area contributed by atoms with Gasteiger partial charge in [-0.15, -0.1) is 0 Å². The highest BCUT2D eigenvalue weighted by molar-refractivity contribution is 9.10. The molecule has 0 unspecified atom stereocenters. The first-order chi connectivity index (χ1) is 7.51. The number of nitrogens with one attached hydrogen (secondary N) is 1. The fourth-order valence-corrected chi connectivity index (χ4v) is 2.15. The number of amides is 1. The molecule has 16 heavy (non-hydrogen) atoms. The Labute approximate surface area is 107 Å². The van der Waals surface area contributed by atoms with Gasteiger partial charge in [-0.05, 0) is 37.5 Å². The second-order valence-corrected chi connectivity index (χ2v) is 5.41. The molecule has 0 heterocycles. The largest absolute Gasteiger partial charge is 0.323 e. The number of nitrogens with two attached hydrogens (primary N) is 1. The van der Waals surface area contributed by atoms with Crippen LogP contribution in [-0.4, -0.2) is 11.4 Å². The molecular formula is C11H12BrClN2O. The van der Waals surface area contributed by atoms with Crippen molar-refractivity contribution in [1.82, 2.24) is 0 Å². The highest BCUT2D eigenvalue weighted by Gasteiger charge is 2.40. The number of hydrogen-bond acceptors (Lipinski definition) is 2. The van der Waals surface area contributed by atoms with E-state index in [2.05, 4.69) is 21.2 Å². The van der Waals surface area contributed by atoms with E-state index in [1.165, 1.54) is 0 Å². The lowest BCUT2D eigenvalue weighted by molar-refractivity contribution is -0.123. The van der Waals surface area contributed by atoms with Crippen molar-refractivity contribution in [2.75, 3.05) is 5.32 Å². The van der Waals surface area contributed by atoms with E-state index < -0.39 is 5.54 Å². The van der Waals surface area contributed by atoms with Crippen LogP contribution in [0.4, 0.5) is 5.69 Å². The quantitative estimate of drug-likeness (QED) is 0.882. The summed E-state index contributed by atoms with van der Waals surface area (Å²) >= 11 is 9.30. The molecule has 3 N–H and O–H groups in total. The zero-order valence-electron chi connectivity index (χ0n) is 8.59.